The minimum absolute atomic E-state index is 0.0118. The van der Waals surface area contributed by atoms with Crippen LogP contribution in [0.3, 0.4) is 0 Å². The lowest BCUT2D eigenvalue weighted by molar-refractivity contribution is -0.390. The molecule has 0 aliphatic rings. The van der Waals surface area contributed by atoms with Crippen molar-refractivity contribution in [2.24, 2.45) is 5.73 Å². The Labute approximate surface area is 129 Å². The molecule has 0 aliphatic heterocycles. The summed E-state index contributed by atoms with van der Waals surface area (Å²) in [6, 6.07) is 5.46. The Morgan fingerprint density at radius 3 is 2.52 bits per heavy atom. The number of aromatic hydroxyl groups is 1. The Hall–Kier alpha value is -3.43. The quantitative estimate of drug-likeness (QED) is 0.445. The molecule has 120 valence electrons. The van der Waals surface area contributed by atoms with E-state index >= 15 is 0 Å². The predicted octanol–water partition coefficient (Wildman–Crippen LogP) is 0.453. The molecule has 0 radical (unpaired) electrons. The van der Waals surface area contributed by atoms with Crippen molar-refractivity contribution in [2.75, 3.05) is 6.61 Å². The SMILES string of the molecule is NC(=O)c1cn(CCOC(=O)c2ccc(O)cc2)nc1[N+](=O)[O-]. The lowest BCUT2D eigenvalue weighted by atomic mass is 10.2. The summed E-state index contributed by atoms with van der Waals surface area (Å²) in [6.07, 6.45) is 1.12. The number of primary amides is 1. The topological polar surface area (TPSA) is 151 Å². The van der Waals surface area contributed by atoms with E-state index in [2.05, 4.69) is 5.10 Å². The summed E-state index contributed by atoms with van der Waals surface area (Å²) in [4.78, 5) is 32.7. The Kier molecular flexibility index (Phi) is 4.55. The number of hydrogen-bond donors (Lipinski definition) is 2. The molecular formula is C13H12N4O6. The first-order valence-corrected chi connectivity index (χ1v) is 6.36. The maximum absolute atomic E-state index is 11.7. The molecule has 1 heterocycles. The summed E-state index contributed by atoms with van der Waals surface area (Å²) < 4.78 is 6.07. The highest BCUT2D eigenvalue weighted by molar-refractivity contribution is 5.95. The van der Waals surface area contributed by atoms with Crippen LogP contribution in [0.15, 0.2) is 30.5 Å². The zero-order valence-corrected chi connectivity index (χ0v) is 11.7. The highest BCUT2D eigenvalue weighted by Gasteiger charge is 2.24. The van der Waals surface area contributed by atoms with Gasteiger partial charge in [0.1, 0.15) is 12.4 Å². The van der Waals surface area contributed by atoms with Gasteiger partial charge in [-0.25, -0.2) is 4.79 Å². The fourth-order valence-corrected chi connectivity index (χ4v) is 1.75. The maximum atomic E-state index is 11.7. The van der Waals surface area contributed by atoms with Crippen molar-refractivity contribution in [2.45, 2.75) is 6.54 Å². The third kappa shape index (κ3) is 3.81. The van der Waals surface area contributed by atoms with Crippen molar-refractivity contribution in [1.82, 2.24) is 9.78 Å². The zero-order valence-electron chi connectivity index (χ0n) is 11.7. The number of rotatable bonds is 6. The lowest BCUT2D eigenvalue weighted by Gasteiger charge is -2.03. The first-order chi connectivity index (χ1) is 10.9. The lowest BCUT2D eigenvalue weighted by Crippen LogP contribution is -2.12. The number of esters is 1. The molecule has 1 amide bonds. The highest BCUT2D eigenvalue weighted by Crippen LogP contribution is 2.15. The van der Waals surface area contributed by atoms with Crippen LogP contribution in [0.4, 0.5) is 5.82 Å². The summed E-state index contributed by atoms with van der Waals surface area (Å²) in [6.45, 7) is -0.102. The minimum atomic E-state index is -0.968. The Balaban J connectivity index is 1.97. The fourth-order valence-electron chi connectivity index (χ4n) is 1.75. The Bertz CT molecular complexity index is 721. The molecule has 10 heteroatoms. The number of carbonyl (C=O) groups is 2. The maximum Gasteiger partial charge on any atom is 0.402 e. The third-order valence-electron chi connectivity index (χ3n) is 2.84. The number of amides is 1. The summed E-state index contributed by atoms with van der Waals surface area (Å²) >= 11 is 0. The second kappa shape index (κ2) is 6.56. The minimum Gasteiger partial charge on any atom is -0.508 e. The molecule has 0 aliphatic carbocycles. The summed E-state index contributed by atoms with van der Waals surface area (Å²) in [5, 5.41) is 23.5. The van der Waals surface area contributed by atoms with Crippen molar-refractivity contribution >= 4 is 17.7 Å². The van der Waals surface area contributed by atoms with E-state index < -0.39 is 22.6 Å². The van der Waals surface area contributed by atoms with E-state index in [4.69, 9.17) is 15.6 Å². The molecule has 0 bridgehead atoms. The molecule has 0 fully saturated rings. The van der Waals surface area contributed by atoms with E-state index in [1.54, 1.807) is 0 Å². The molecule has 0 spiro atoms. The number of aromatic nitrogens is 2. The monoisotopic (exact) mass is 320 g/mol. The highest BCUT2D eigenvalue weighted by atomic mass is 16.6. The van der Waals surface area contributed by atoms with Gasteiger partial charge in [-0.3, -0.25) is 4.79 Å². The number of nitrogens with zero attached hydrogens (tertiary/aromatic N) is 3. The molecule has 0 unspecified atom stereocenters. The van der Waals surface area contributed by atoms with Gasteiger partial charge in [-0.1, -0.05) is 0 Å². The molecule has 0 saturated heterocycles. The largest absolute Gasteiger partial charge is 0.508 e. The smallest absolute Gasteiger partial charge is 0.402 e. The summed E-state index contributed by atoms with van der Waals surface area (Å²) in [5.74, 6) is -2.22. The molecule has 3 N–H and O–H groups in total. The van der Waals surface area contributed by atoms with Gasteiger partial charge in [0, 0.05) is 0 Å². The number of hydrogen-bond acceptors (Lipinski definition) is 7. The van der Waals surface area contributed by atoms with E-state index in [1.807, 2.05) is 0 Å². The molecule has 23 heavy (non-hydrogen) atoms. The molecular weight excluding hydrogens is 308 g/mol. The van der Waals surface area contributed by atoms with Crippen LogP contribution in [0.1, 0.15) is 20.7 Å². The van der Waals surface area contributed by atoms with Gasteiger partial charge < -0.3 is 25.7 Å². The van der Waals surface area contributed by atoms with E-state index in [9.17, 15) is 19.7 Å². The molecule has 1 aromatic heterocycles. The van der Waals surface area contributed by atoms with Gasteiger partial charge in [0.15, 0.2) is 5.56 Å². The van der Waals surface area contributed by atoms with Crippen LogP contribution in [0, 0.1) is 10.1 Å². The van der Waals surface area contributed by atoms with Gasteiger partial charge in [0.05, 0.1) is 23.4 Å². The summed E-state index contributed by atoms with van der Waals surface area (Å²) in [5.41, 5.74) is 4.95. The van der Waals surface area contributed by atoms with Gasteiger partial charge in [-0.05, 0) is 29.2 Å². The number of nitro groups is 1. The van der Waals surface area contributed by atoms with E-state index in [-0.39, 0.29) is 30.0 Å². The van der Waals surface area contributed by atoms with Crippen LogP contribution in [0.25, 0.3) is 0 Å². The number of nitrogens with two attached hydrogens (primary N) is 1. The number of phenols is 1. The van der Waals surface area contributed by atoms with E-state index in [0.717, 1.165) is 10.9 Å². The second-order valence-electron chi connectivity index (χ2n) is 4.43. The number of phenolic OH excluding ortho intramolecular Hbond substituents is 1. The van der Waals surface area contributed by atoms with Crippen molar-refractivity contribution in [3.8, 4) is 5.75 Å². The normalized spacial score (nSPS) is 10.3. The standard InChI is InChI=1S/C13H12N4O6/c14-11(19)10-7-16(15-12(10)17(21)22)5-6-23-13(20)8-1-3-9(18)4-2-8/h1-4,7,18H,5-6H2,(H2,14,19). The first kappa shape index (κ1) is 15.9. The number of benzene rings is 1. The zero-order chi connectivity index (χ0) is 17.0. The van der Waals surface area contributed by atoms with Gasteiger partial charge in [-0.15, -0.1) is 0 Å². The number of carbonyl (C=O) groups excluding carboxylic acids is 2. The first-order valence-electron chi connectivity index (χ1n) is 6.36. The van der Waals surface area contributed by atoms with Gasteiger partial charge in [-0.2, -0.15) is 4.68 Å². The second-order valence-corrected chi connectivity index (χ2v) is 4.43. The van der Waals surface area contributed by atoms with Crippen LogP contribution in [-0.4, -0.2) is 38.3 Å². The number of ether oxygens (including phenoxy) is 1. The molecule has 0 saturated carbocycles. The van der Waals surface area contributed by atoms with Crippen LogP contribution in [-0.2, 0) is 11.3 Å². The molecule has 10 nitrogen and oxygen atoms in total. The predicted molar refractivity (Wildman–Crippen MR) is 75.8 cm³/mol. The van der Waals surface area contributed by atoms with Crippen molar-refractivity contribution in [3.05, 3.63) is 51.7 Å². The van der Waals surface area contributed by atoms with Gasteiger partial charge >= 0.3 is 11.8 Å². The molecule has 2 rings (SSSR count). The molecule has 0 atom stereocenters. The van der Waals surface area contributed by atoms with Crippen LogP contribution >= 0.6 is 0 Å². The Morgan fingerprint density at radius 2 is 2.00 bits per heavy atom. The van der Waals surface area contributed by atoms with E-state index in [0.29, 0.717) is 0 Å². The average Bonchev–Trinajstić information content (AvgIpc) is 2.92. The van der Waals surface area contributed by atoms with Crippen molar-refractivity contribution < 1.29 is 24.4 Å². The Morgan fingerprint density at radius 1 is 1.35 bits per heavy atom. The van der Waals surface area contributed by atoms with Gasteiger partial charge in [0.25, 0.3) is 5.91 Å². The van der Waals surface area contributed by atoms with Crippen LogP contribution in [0.5, 0.6) is 5.75 Å². The third-order valence-corrected chi connectivity index (χ3v) is 2.84. The van der Waals surface area contributed by atoms with E-state index in [1.165, 1.54) is 24.3 Å². The van der Waals surface area contributed by atoms with Crippen LogP contribution < -0.4 is 5.73 Å². The van der Waals surface area contributed by atoms with Gasteiger partial charge in [0.2, 0.25) is 0 Å². The van der Waals surface area contributed by atoms with Crippen LogP contribution in [0.2, 0.25) is 0 Å². The summed E-state index contributed by atoms with van der Waals surface area (Å²) in [7, 11) is 0. The average molecular weight is 320 g/mol. The fraction of sp³-hybridized carbons (Fsp3) is 0.154. The molecule has 2 aromatic rings. The molecule has 1 aromatic carbocycles. The van der Waals surface area contributed by atoms with Crippen molar-refractivity contribution in [3.63, 3.8) is 0 Å². The van der Waals surface area contributed by atoms with Crippen molar-refractivity contribution in [1.29, 1.82) is 0 Å².